The molecule has 0 aliphatic carbocycles. The van der Waals surface area contributed by atoms with Crippen LogP contribution >= 0.6 is 11.8 Å². The van der Waals surface area contributed by atoms with Gasteiger partial charge in [-0.15, -0.1) is 0 Å². The number of hydrogen-bond donors (Lipinski definition) is 1. The van der Waals surface area contributed by atoms with Crippen molar-refractivity contribution in [2.45, 2.75) is 24.2 Å². The van der Waals surface area contributed by atoms with Crippen LogP contribution in [0.1, 0.15) is 24.8 Å². The Labute approximate surface area is 146 Å². The van der Waals surface area contributed by atoms with Crippen LogP contribution in [0.4, 0.5) is 11.4 Å². The molecule has 2 aromatic carbocycles. The first kappa shape index (κ1) is 15.3. The molecule has 2 aliphatic rings. The zero-order valence-electron chi connectivity index (χ0n) is 13.5. The van der Waals surface area contributed by atoms with Crippen LogP contribution in [0.25, 0.3) is 6.08 Å². The number of thioether (sulfide) groups is 1. The van der Waals surface area contributed by atoms with Gasteiger partial charge >= 0.3 is 0 Å². The highest BCUT2D eigenvalue weighted by molar-refractivity contribution is 8.04. The number of para-hydroxylation sites is 1. The molecule has 1 fully saturated rings. The summed E-state index contributed by atoms with van der Waals surface area (Å²) < 4.78 is 0. The van der Waals surface area contributed by atoms with Crippen LogP contribution < -0.4 is 10.2 Å². The number of nitrogens with one attached hydrogen (secondary N) is 1. The average Bonchev–Trinajstić information content (AvgIpc) is 2.64. The van der Waals surface area contributed by atoms with Crippen LogP contribution in [-0.4, -0.2) is 19.0 Å². The molecule has 2 aliphatic heterocycles. The van der Waals surface area contributed by atoms with E-state index >= 15 is 0 Å². The first-order chi connectivity index (χ1) is 11.8. The molecule has 0 unspecified atom stereocenters. The van der Waals surface area contributed by atoms with E-state index in [1.165, 1.54) is 36.7 Å². The summed E-state index contributed by atoms with van der Waals surface area (Å²) in [5.41, 5.74) is 3.24. The Morgan fingerprint density at radius 3 is 2.50 bits per heavy atom. The number of nitrogens with zero attached hydrogens (tertiary/aromatic N) is 1. The van der Waals surface area contributed by atoms with Gasteiger partial charge in [0.25, 0.3) is 5.91 Å². The summed E-state index contributed by atoms with van der Waals surface area (Å²) in [6.45, 7) is 2.30. The lowest BCUT2D eigenvalue weighted by Crippen LogP contribution is -2.29. The molecule has 0 atom stereocenters. The van der Waals surface area contributed by atoms with Crippen LogP contribution in [0.5, 0.6) is 0 Å². The van der Waals surface area contributed by atoms with Gasteiger partial charge in [-0.25, -0.2) is 0 Å². The van der Waals surface area contributed by atoms with Crippen molar-refractivity contribution in [2.24, 2.45) is 0 Å². The second-order valence-corrected chi connectivity index (χ2v) is 7.28. The van der Waals surface area contributed by atoms with Gasteiger partial charge in [0.15, 0.2) is 0 Å². The van der Waals surface area contributed by atoms with E-state index in [-0.39, 0.29) is 5.91 Å². The van der Waals surface area contributed by atoms with Crippen molar-refractivity contribution in [1.29, 1.82) is 0 Å². The Morgan fingerprint density at radius 1 is 0.958 bits per heavy atom. The molecule has 0 aromatic heterocycles. The maximum atomic E-state index is 12.3. The number of rotatable bonds is 2. The minimum Gasteiger partial charge on any atom is -0.372 e. The summed E-state index contributed by atoms with van der Waals surface area (Å²) >= 11 is 1.53. The third-order valence-corrected chi connectivity index (χ3v) is 5.59. The first-order valence-electron chi connectivity index (χ1n) is 8.44. The van der Waals surface area contributed by atoms with Gasteiger partial charge in [-0.2, -0.15) is 0 Å². The molecule has 0 saturated carbocycles. The summed E-state index contributed by atoms with van der Waals surface area (Å²) in [6.07, 6.45) is 5.87. The second kappa shape index (κ2) is 6.73. The summed E-state index contributed by atoms with van der Waals surface area (Å²) in [7, 11) is 0. The van der Waals surface area contributed by atoms with Gasteiger partial charge in [-0.1, -0.05) is 36.0 Å². The maximum Gasteiger partial charge on any atom is 0.262 e. The van der Waals surface area contributed by atoms with E-state index in [1.54, 1.807) is 0 Å². The minimum absolute atomic E-state index is 0.0289. The fraction of sp³-hybridized carbons (Fsp3) is 0.250. The summed E-state index contributed by atoms with van der Waals surface area (Å²) in [5.74, 6) is -0.0289. The Kier molecular flexibility index (Phi) is 4.30. The van der Waals surface area contributed by atoms with Crippen LogP contribution in [-0.2, 0) is 4.79 Å². The van der Waals surface area contributed by atoms with Gasteiger partial charge in [0.05, 0.1) is 10.6 Å². The zero-order chi connectivity index (χ0) is 16.4. The maximum absolute atomic E-state index is 12.3. The monoisotopic (exact) mass is 336 g/mol. The molecule has 2 aromatic rings. The predicted molar refractivity (Wildman–Crippen MR) is 101 cm³/mol. The normalized spacial score (nSPS) is 19.1. The van der Waals surface area contributed by atoms with Crippen molar-refractivity contribution in [3.8, 4) is 0 Å². The highest BCUT2D eigenvalue weighted by atomic mass is 32.2. The molecule has 2 heterocycles. The molecule has 1 saturated heterocycles. The second-order valence-electron chi connectivity index (χ2n) is 6.20. The summed E-state index contributed by atoms with van der Waals surface area (Å²) in [5, 5.41) is 2.96. The molecule has 24 heavy (non-hydrogen) atoms. The topological polar surface area (TPSA) is 32.3 Å². The summed E-state index contributed by atoms with van der Waals surface area (Å²) in [6, 6.07) is 16.4. The number of hydrogen-bond acceptors (Lipinski definition) is 3. The van der Waals surface area contributed by atoms with E-state index in [2.05, 4.69) is 34.5 Å². The number of piperidine rings is 1. The van der Waals surface area contributed by atoms with Crippen LogP contribution in [0.15, 0.2) is 58.3 Å². The largest absolute Gasteiger partial charge is 0.372 e. The number of amides is 1. The van der Waals surface area contributed by atoms with Gasteiger partial charge in [0.1, 0.15) is 0 Å². The van der Waals surface area contributed by atoms with E-state index < -0.39 is 0 Å². The van der Waals surface area contributed by atoms with Crippen molar-refractivity contribution in [2.75, 3.05) is 23.3 Å². The van der Waals surface area contributed by atoms with Crippen molar-refractivity contribution in [3.63, 3.8) is 0 Å². The number of fused-ring (bicyclic) bond motifs is 1. The van der Waals surface area contributed by atoms with Gasteiger partial charge in [-0.05, 0) is 55.2 Å². The highest BCUT2D eigenvalue weighted by Crippen LogP contribution is 2.38. The molecule has 4 heteroatoms. The molecule has 0 bridgehead atoms. The fourth-order valence-electron chi connectivity index (χ4n) is 3.19. The van der Waals surface area contributed by atoms with E-state index in [0.717, 1.165) is 34.1 Å². The molecule has 0 spiro atoms. The van der Waals surface area contributed by atoms with Crippen molar-refractivity contribution < 1.29 is 4.79 Å². The van der Waals surface area contributed by atoms with Crippen LogP contribution in [0, 0.1) is 0 Å². The van der Waals surface area contributed by atoms with Crippen molar-refractivity contribution in [3.05, 3.63) is 59.0 Å². The highest BCUT2D eigenvalue weighted by Gasteiger charge is 2.20. The number of carbonyl (C=O) groups is 1. The molecule has 1 N–H and O–H groups in total. The Balaban J connectivity index is 1.54. The Morgan fingerprint density at radius 2 is 1.71 bits per heavy atom. The quantitative estimate of drug-likeness (QED) is 0.802. The Bertz CT molecular complexity index is 776. The first-order valence-corrected chi connectivity index (χ1v) is 9.26. The lowest BCUT2D eigenvalue weighted by Gasteiger charge is -2.28. The minimum atomic E-state index is -0.0289. The number of carbonyl (C=O) groups excluding carboxylic acids is 1. The van der Waals surface area contributed by atoms with Crippen molar-refractivity contribution >= 4 is 35.1 Å². The lowest BCUT2D eigenvalue weighted by atomic mass is 10.1. The predicted octanol–water partition coefficient (Wildman–Crippen LogP) is 4.76. The number of benzene rings is 2. The average molecular weight is 336 g/mol. The van der Waals surface area contributed by atoms with Crippen molar-refractivity contribution in [1.82, 2.24) is 0 Å². The lowest BCUT2D eigenvalue weighted by molar-refractivity contribution is -0.112. The van der Waals surface area contributed by atoms with Gasteiger partial charge in [0, 0.05) is 23.7 Å². The van der Waals surface area contributed by atoms with E-state index in [0.29, 0.717) is 0 Å². The molecule has 122 valence electrons. The molecule has 4 rings (SSSR count). The standard InChI is InChI=1S/C20H20N2OS/c23-20-19(24-18-7-3-2-6-17(18)21-20)14-15-8-10-16(11-9-15)22-12-4-1-5-13-22/h2-3,6-11,14H,1,4-5,12-13H2,(H,21,23)/b19-14+. The molecular weight excluding hydrogens is 316 g/mol. The smallest absolute Gasteiger partial charge is 0.262 e. The fourth-order valence-corrected chi connectivity index (χ4v) is 4.14. The van der Waals surface area contributed by atoms with E-state index in [1.807, 2.05) is 30.3 Å². The SMILES string of the molecule is O=C1Nc2ccccc2S/C1=C/c1ccc(N2CCCCC2)cc1. The molecule has 0 radical (unpaired) electrons. The van der Waals surface area contributed by atoms with E-state index in [4.69, 9.17) is 0 Å². The number of anilines is 2. The molecule has 3 nitrogen and oxygen atoms in total. The van der Waals surface area contributed by atoms with E-state index in [9.17, 15) is 4.79 Å². The van der Waals surface area contributed by atoms with Gasteiger partial charge in [0.2, 0.25) is 0 Å². The third kappa shape index (κ3) is 3.20. The molecule has 1 amide bonds. The van der Waals surface area contributed by atoms with Crippen LogP contribution in [0.3, 0.4) is 0 Å². The molecular formula is C20H20N2OS. The van der Waals surface area contributed by atoms with Gasteiger partial charge in [-0.3, -0.25) is 4.79 Å². The third-order valence-electron chi connectivity index (χ3n) is 4.49. The van der Waals surface area contributed by atoms with Gasteiger partial charge < -0.3 is 10.2 Å². The Hall–Kier alpha value is -2.20. The summed E-state index contributed by atoms with van der Waals surface area (Å²) in [4.78, 5) is 16.5. The van der Waals surface area contributed by atoms with Crippen LogP contribution in [0.2, 0.25) is 0 Å². The zero-order valence-corrected chi connectivity index (χ0v) is 14.3.